The lowest BCUT2D eigenvalue weighted by atomic mass is 9.92. The fraction of sp³-hybridized carbons (Fsp3) is 0.667. The van der Waals surface area contributed by atoms with Gasteiger partial charge in [0.1, 0.15) is 0 Å². The minimum atomic E-state index is -0.0828. The van der Waals surface area contributed by atoms with Gasteiger partial charge in [0.05, 0.1) is 13.2 Å². The van der Waals surface area contributed by atoms with Crippen molar-refractivity contribution >= 4 is 28.6 Å². The predicted molar refractivity (Wildman–Crippen MR) is 85.0 cm³/mol. The predicted octanol–water partition coefficient (Wildman–Crippen LogP) is 3.61. The maximum absolute atomic E-state index is 11.4. The number of hydrogen-bond donors (Lipinski definition) is 1. The average Bonchev–Trinajstić information content (AvgIpc) is 2.41. The smallest absolute Gasteiger partial charge is 0.305 e. The summed E-state index contributed by atoms with van der Waals surface area (Å²) in [7, 11) is 0. The summed E-state index contributed by atoms with van der Waals surface area (Å²) in [5.74, 6) is 0.445. The second-order valence-electron chi connectivity index (χ2n) is 5.09. The normalized spacial score (nSPS) is 29.0. The van der Waals surface area contributed by atoms with Gasteiger partial charge in [0.2, 0.25) is 0 Å². The molecule has 1 heterocycles. The molecule has 0 saturated carbocycles. The number of aliphatic hydroxyl groups is 1. The number of aliphatic hydroxyl groups excluding tert-OH is 1. The van der Waals surface area contributed by atoms with Gasteiger partial charge in [0.15, 0.2) is 0 Å². The van der Waals surface area contributed by atoms with Crippen LogP contribution in [-0.2, 0) is 9.53 Å². The Balaban J connectivity index is 2.71. The fourth-order valence-electron chi connectivity index (χ4n) is 2.12. The van der Waals surface area contributed by atoms with Crippen LogP contribution in [0.5, 0.6) is 0 Å². The molecule has 4 heteroatoms. The third-order valence-electron chi connectivity index (χ3n) is 3.37. The maximum atomic E-state index is 11.4. The van der Waals surface area contributed by atoms with E-state index < -0.39 is 0 Å². The lowest BCUT2D eigenvalue weighted by Crippen LogP contribution is -2.12. The molecule has 0 aromatic rings. The Morgan fingerprint density at radius 2 is 2.26 bits per heavy atom. The summed E-state index contributed by atoms with van der Waals surface area (Å²) in [6.07, 6.45) is 8.81. The molecule has 108 valence electrons. The maximum Gasteiger partial charge on any atom is 0.305 e. The monoisotopic (exact) mass is 378 g/mol. The van der Waals surface area contributed by atoms with Crippen molar-refractivity contribution in [1.82, 2.24) is 0 Å². The first-order valence-corrected chi connectivity index (χ1v) is 8.16. The van der Waals surface area contributed by atoms with Crippen molar-refractivity contribution in [2.24, 2.45) is 11.8 Å². The minimum absolute atomic E-state index is 0.0828. The van der Waals surface area contributed by atoms with Crippen molar-refractivity contribution in [3.05, 3.63) is 21.8 Å². The van der Waals surface area contributed by atoms with E-state index in [1.807, 2.05) is 11.0 Å². The zero-order chi connectivity index (χ0) is 14.1. The molecule has 3 nitrogen and oxygen atoms in total. The van der Waals surface area contributed by atoms with Gasteiger partial charge in [-0.2, -0.15) is 0 Å². The van der Waals surface area contributed by atoms with Gasteiger partial charge in [-0.25, -0.2) is 0 Å². The Hall–Kier alpha value is -0.360. The zero-order valence-electron chi connectivity index (χ0n) is 11.5. The van der Waals surface area contributed by atoms with Gasteiger partial charge in [-0.05, 0) is 22.5 Å². The summed E-state index contributed by atoms with van der Waals surface area (Å²) in [6.45, 7) is 2.60. The SMILES string of the molecule is C[C@H]1/C=C/[C@H](/C(=C\I)CO)CCCCCC(=O)OC1. The van der Waals surface area contributed by atoms with Crippen LogP contribution in [0.1, 0.15) is 39.0 Å². The summed E-state index contributed by atoms with van der Waals surface area (Å²) in [5.41, 5.74) is 1.07. The third kappa shape index (κ3) is 6.56. The van der Waals surface area contributed by atoms with Crippen LogP contribution in [0.4, 0.5) is 0 Å². The Bertz CT molecular complexity index is 336. The van der Waals surface area contributed by atoms with Crippen LogP contribution in [0.3, 0.4) is 0 Å². The molecule has 0 saturated heterocycles. The Kier molecular flexibility index (Phi) is 8.37. The van der Waals surface area contributed by atoms with Crippen LogP contribution < -0.4 is 0 Å². The highest BCUT2D eigenvalue weighted by Gasteiger charge is 2.13. The molecule has 1 N–H and O–H groups in total. The van der Waals surface area contributed by atoms with Crippen LogP contribution in [-0.4, -0.2) is 24.3 Å². The Morgan fingerprint density at radius 3 is 2.95 bits per heavy atom. The molecular weight excluding hydrogens is 355 g/mol. The topological polar surface area (TPSA) is 46.5 Å². The van der Waals surface area contributed by atoms with E-state index >= 15 is 0 Å². The zero-order valence-corrected chi connectivity index (χ0v) is 13.6. The lowest BCUT2D eigenvalue weighted by Gasteiger charge is -2.17. The van der Waals surface area contributed by atoms with Gasteiger partial charge in [0, 0.05) is 18.3 Å². The molecule has 2 atom stereocenters. The molecule has 0 radical (unpaired) electrons. The first-order valence-electron chi connectivity index (χ1n) is 6.91. The van der Waals surface area contributed by atoms with Crippen LogP contribution >= 0.6 is 22.6 Å². The van der Waals surface area contributed by atoms with E-state index in [2.05, 4.69) is 34.7 Å². The number of carbonyl (C=O) groups excluding carboxylic acids is 1. The van der Waals surface area contributed by atoms with E-state index in [0.29, 0.717) is 18.9 Å². The first-order chi connectivity index (χ1) is 9.17. The molecule has 0 aromatic heterocycles. The lowest BCUT2D eigenvalue weighted by molar-refractivity contribution is -0.144. The van der Waals surface area contributed by atoms with E-state index in [9.17, 15) is 9.90 Å². The molecule has 19 heavy (non-hydrogen) atoms. The van der Waals surface area contributed by atoms with Crippen molar-refractivity contribution in [3.63, 3.8) is 0 Å². The fourth-order valence-corrected chi connectivity index (χ4v) is 2.78. The standard InChI is InChI=1S/C15H23IO3/c1-12-7-8-13(14(9-16)10-17)5-3-2-4-6-15(18)19-11-12/h7-9,12-13,17H,2-6,10-11H2,1H3/b8-7+,14-9-/t12-,13+/m0/s1. The summed E-state index contributed by atoms with van der Waals surface area (Å²) in [4.78, 5) is 11.4. The summed E-state index contributed by atoms with van der Waals surface area (Å²) in [6, 6.07) is 0. The van der Waals surface area contributed by atoms with Gasteiger partial charge < -0.3 is 9.84 Å². The van der Waals surface area contributed by atoms with E-state index in [1.165, 1.54) is 0 Å². The summed E-state index contributed by atoms with van der Waals surface area (Å²) in [5, 5.41) is 9.39. The molecule has 0 amide bonds. The van der Waals surface area contributed by atoms with Gasteiger partial charge >= 0.3 is 5.97 Å². The summed E-state index contributed by atoms with van der Waals surface area (Å²) >= 11 is 2.19. The highest BCUT2D eigenvalue weighted by atomic mass is 127. The number of cyclic esters (lactones) is 1. The molecule has 0 bridgehead atoms. The molecular formula is C15H23IO3. The number of rotatable bonds is 2. The molecule has 0 aromatic carbocycles. The number of ether oxygens (including phenoxy) is 1. The van der Waals surface area contributed by atoms with E-state index in [4.69, 9.17) is 4.74 Å². The number of esters is 1. The van der Waals surface area contributed by atoms with E-state index in [0.717, 1.165) is 31.3 Å². The summed E-state index contributed by atoms with van der Waals surface area (Å²) < 4.78 is 7.20. The first kappa shape index (κ1) is 16.7. The van der Waals surface area contributed by atoms with Crippen molar-refractivity contribution in [3.8, 4) is 0 Å². The molecule has 1 rings (SSSR count). The van der Waals surface area contributed by atoms with E-state index in [1.54, 1.807) is 0 Å². The van der Waals surface area contributed by atoms with Crippen molar-refractivity contribution in [1.29, 1.82) is 0 Å². The molecule has 1 aliphatic heterocycles. The quantitative estimate of drug-likeness (QED) is 0.454. The Labute approximate surface area is 129 Å². The van der Waals surface area contributed by atoms with Crippen molar-refractivity contribution in [2.45, 2.75) is 39.0 Å². The molecule has 0 fully saturated rings. The van der Waals surface area contributed by atoms with Gasteiger partial charge in [-0.3, -0.25) is 4.79 Å². The average molecular weight is 378 g/mol. The van der Waals surface area contributed by atoms with Crippen LogP contribution in [0.15, 0.2) is 21.8 Å². The number of hydrogen-bond acceptors (Lipinski definition) is 3. The van der Waals surface area contributed by atoms with Crippen molar-refractivity contribution < 1.29 is 14.6 Å². The minimum Gasteiger partial charge on any atom is -0.465 e. The molecule has 0 unspecified atom stereocenters. The highest BCUT2D eigenvalue weighted by molar-refractivity contribution is 14.1. The van der Waals surface area contributed by atoms with Crippen LogP contribution in [0, 0.1) is 11.8 Å². The number of halogens is 1. The van der Waals surface area contributed by atoms with Crippen LogP contribution in [0.2, 0.25) is 0 Å². The third-order valence-corrected chi connectivity index (χ3v) is 4.17. The molecule has 0 spiro atoms. The molecule has 0 aliphatic carbocycles. The van der Waals surface area contributed by atoms with Gasteiger partial charge in [-0.1, -0.05) is 54.5 Å². The van der Waals surface area contributed by atoms with Gasteiger partial charge in [-0.15, -0.1) is 0 Å². The second kappa shape index (κ2) is 9.53. The molecule has 1 aliphatic rings. The van der Waals surface area contributed by atoms with E-state index in [-0.39, 0.29) is 18.5 Å². The Morgan fingerprint density at radius 1 is 1.47 bits per heavy atom. The largest absolute Gasteiger partial charge is 0.465 e. The van der Waals surface area contributed by atoms with Crippen LogP contribution in [0.25, 0.3) is 0 Å². The highest BCUT2D eigenvalue weighted by Crippen LogP contribution is 2.23. The number of allylic oxidation sites excluding steroid dienone is 1. The van der Waals surface area contributed by atoms with Crippen molar-refractivity contribution in [2.75, 3.05) is 13.2 Å². The second-order valence-corrected chi connectivity index (χ2v) is 5.72. The van der Waals surface area contributed by atoms with Gasteiger partial charge in [0.25, 0.3) is 0 Å². The number of carbonyl (C=O) groups is 1.